The summed E-state index contributed by atoms with van der Waals surface area (Å²) in [5, 5.41) is 4.17. The van der Waals surface area contributed by atoms with Crippen LogP contribution in [0.2, 0.25) is 0 Å². The van der Waals surface area contributed by atoms with E-state index in [9.17, 15) is 9.59 Å². The lowest BCUT2D eigenvalue weighted by Crippen LogP contribution is -2.26. The van der Waals surface area contributed by atoms with Crippen LogP contribution in [0.15, 0.2) is 64.5 Å². The molecule has 34 heavy (non-hydrogen) atoms. The number of hydrogen-bond donors (Lipinski definition) is 1. The van der Waals surface area contributed by atoms with Gasteiger partial charge in [0.05, 0.1) is 16.8 Å². The second kappa shape index (κ2) is 9.24. The van der Waals surface area contributed by atoms with E-state index in [0.29, 0.717) is 5.16 Å². The van der Waals surface area contributed by atoms with Crippen LogP contribution in [0.5, 0.6) is 0 Å². The van der Waals surface area contributed by atoms with E-state index in [-0.39, 0.29) is 22.0 Å². The second-order valence-corrected chi connectivity index (χ2v) is 12.7. The smallest absolute Gasteiger partial charge is 0.267 e. The molecular weight excluding hydrogens is 483 g/mol. The molecular formula is C26H25N3O2S3. The van der Waals surface area contributed by atoms with Gasteiger partial charge in [-0.15, -0.1) is 23.1 Å². The summed E-state index contributed by atoms with van der Waals surface area (Å²) in [5.74, 6) is 0.923. The normalized spacial score (nSPS) is 14.7. The molecule has 0 saturated heterocycles. The monoisotopic (exact) mass is 507 g/mol. The number of nitrogens with one attached hydrogen (secondary N) is 1. The van der Waals surface area contributed by atoms with Crippen LogP contribution in [-0.4, -0.2) is 26.0 Å². The average molecular weight is 508 g/mol. The van der Waals surface area contributed by atoms with E-state index >= 15 is 0 Å². The first-order valence-electron chi connectivity index (χ1n) is 11.1. The fourth-order valence-electron chi connectivity index (χ4n) is 4.04. The van der Waals surface area contributed by atoms with Gasteiger partial charge in [0.15, 0.2) is 5.16 Å². The lowest BCUT2D eigenvalue weighted by Gasteiger charge is -2.28. The van der Waals surface area contributed by atoms with Crippen molar-refractivity contribution in [2.75, 3.05) is 11.1 Å². The number of thioether (sulfide) groups is 2. The Hall–Kier alpha value is -2.55. The van der Waals surface area contributed by atoms with E-state index in [1.807, 2.05) is 73.3 Å². The number of hydrogen-bond acceptors (Lipinski definition) is 6. The van der Waals surface area contributed by atoms with Crippen LogP contribution in [0.4, 0.5) is 5.69 Å². The molecule has 0 saturated carbocycles. The molecule has 1 aliphatic heterocycles. The third-order valence-corrected chi connectivity index (χ3v) is 9.36. The van der Waals surface area contributed by atoms with Crippen molar-refractivity contribution in [1.82, 2.24) is 9.55 Å². The zero-order chi connectivity index (χ0) is 23.9. The summed E-state index contributed by atoms with van der Waals surface area (Å²) in [6, 6.07) is 17.2. The predicted molar refractivity (Wildman–Crippen MR) is 145 cm³/mol. The minimum atomic E-state index is -0.135. The summed E-state index contributed by atoms with van der Waals surface area (Å²) in [7, 11) is 0. The van der Waals surface area contributed by atoms with Gasteiger partial charge in [-0.2, -0.15) is 0 Å². The highest BCUT2D eigenvalue weighted by atomic mass is 32.2. The number of amides is 1. The lowest BCUT2D eigenvalue weighted by atomic mass is 10.00. The number of carbonyl (C=O) groups excluding carboxylic acids is 1. The Morgan fingerprint density at radius 3 is 2.62 bits per heavy atom. The Morgan fingerprint density at radius 2 is 1.88 bits per heavy atom. The fourth-order valence-corrected chi connectivity index (χ4v) is 7.23. The Bertz CT molecular complexity index is 1420. The summed E-state index contributed by atoms with van der Waals surface area (Å²) in [6.45, 7) is 6.48. The van der Waals surface area contributed by atoms with Crippen LogP contribution in [0.25, 0.3) is 15.9 Å². The largest absolute Gasteiger partial charge is 0.325 e. The first kappa shape index (κ1) is 23.2. The van der Waals surface area contributed by atoms with Crippen LogP contribution in [0, 0.1) is 6.92 Å². The van der Waals surface area contributed by atoms with E-state index in [2.05, 4.69) is 19.2 Å². The predicted octanol–water partition coefficient (Wildman–Crippen LogP) is 6.05. The highest BCUT2D eigenvalue weighted by Crippen LogP contribution is 2.44. The number of aromatic nitrogens is 2. The molecule has 1 aliphatic rings. The van der Waals surface area contributed by atoms with Gasteiger partial charge in [-0.05, 0) is 43.2 Å². The van der Waals surface area contributed by atoms with E-state index in [1.165, 1.54) is 16.6 Å². The molecule has 0 bridgehead atoms. The molecule has 8 heteroatoms. The van der Waals surface area contributed by atoms with E-state index in [1.54, 1.807) is 15.9 Å². The molecule has 0 aliphatic carbocycles. The number of rotatable bonds is 5. The standard InChI is InChI=1S/C26H25N3O2S3/c1-16-9-11-18(12-10-16)29-24(31)22-19-13-26(2,3)33-14-20(19)34-23(22)28-25(29)32-15-21(30)27-17-7-5-4-6-8-17/h4-12H,13-15H2,1-3H3,(H,27,30). The highest BCUT2D eigenvalue weighted by molar-refractivity contribution is 8.00. The molecule has 0 fully saturated rings. The molecule has 1 N–H and O–H groups in total. The molecule has 4 aromatic rings. The molecule has 0 unspecified atom stereocenters. The molecule has 0 spiro atoms. The summed E-state index contributed by atoms with van der Waals surface area (Å²) >= 11 is 4.82. The zero-order valence-corrected chi connectivity index (χ0v) is 21.7. The number of thiophene rings is 1. The number of para-hydroxylation sites is 1. The summed E-state index contributed by atoms with van der Waals surface area (Å²) in [6.07, 6.45) is 0.851. The minimum absolute atomic E-state index is 0.0555. The first-order valence-corrected chi connectivity index (χ1v) is 13.9. The molecule has 5 nitrogen and oxygen atoms in total. The number of anilines is 1. The van der Waals surface area contributed by atoms with Crippen molar-refractivity contribution >= 4 is 56.7 Å². The summed E-state index contributed by atoms with van der Waals surface area (Å²) < 4.78 is 1.76. The number of fused-ring (bicyclic) bond motifs is 3. The maximum Gasteiger partial charge on any atom is 0.267 e. The number of aryl methyl sites for hydroxylation is 1. The van der Waals surface area contributed by atoms with Gasteiger partial charge in [-0.3, -0.25) is 14.2 Å². The van der Waals surface area contributed by atoms with Gasteiger partial charge in [0.1, 0.15) is 4.83 Å². The number of carbonyl (C=O) groups is 1. The number of nitrogens with zero attached hydrogens (tertiary/aromatic N) is 2. The molecule has 174 valence electrons. The van der Waals surface area contributed by atoms with Crippen molar-refractivity contribution in [2.24, 2.45) is 0 Å². The van der Waals surface area contributed by atoms with Crippen LogP contribution >= 0.6 is 34.9 Å². The zero-order valence-electron chi connectivity index (χ0n) is 19.3. The Labute approximate surface area is 211 Å². The van der Waals surface area contributed by atoms with Crippen molar-refractivity contribution in [3.63, 3.8) is 0 Å². The fraction of sp³-hybridized carbons (Fsp3) is 0.269. The number of benzene rings is 2. The van der Waals surface area contributed by atoms with Gasteiger partial charge in [0.25, 0.3) is 5.56 Å². The van der Waals surface area contributed by atoms with Crippen molar-refractivity contribution in [1.29, 1.82) is 0 Å². The maximum atomic E-state index is 13.9. The van der Waals surface area contributed by atoms with Crippen molar-refractivity contribution in [2.45, 2.75) is 42.8 Å². The van der Waals surface area contributed by atoms with E-state index in [0.717, 1.165) is 44.9 Å². The quantitative estimate of drug-likeness (QED) is 0.263. The van der Waals surface area contributed by atoms with E-state index in [4.69, 9.17) is 4.98 Å². The van der Waals surface area contributed by atoms with Gasteiger partial charge in [-0.1, -0.05) is 61.5 Å². The molecule has 1 amide bonds. The molecule has 3 heterocycles. The van der Waals surface area contributed by atoms with Crippen LogP contribution < -0.4 is 10.9 Å². The van der Waals surface area contributed by atoms with Crippen LogP contribution in [0.3, 0.4) is 0 Å². The average Bonchev–Trinajstić information content (AvgIpc) is 3.16. The first-order chi connectivity index (χ1) is 16.3. The van der Waals surface area contributed by atoms with Gasteiger partial charge in [0.2, 0.25) is 5.91 Å². The molecule has 2 aromatic heterocycles. The molecule has 2 aromatic carbocycles. The minimum Gasteiger partial charge on any atom is -0.325 e. The van der Waals surface area contributed by atoms with Gasteiger partial charge in [-0.25, -0.2) is 4.98 Å². The summed E-state index contributed by atoms with van der Waals surface area (Å²) in [5.41, 5.74) is 3.72. The Kier molecular flexibility index (Phi) is 6.31. The van der Waals surface area contributed by atoms with Gasteiger partial charge in [0, 0.05) is 21.1 Å². The highest BCUT2D eigenvalue weighted by Gasteiger charge is 2.31. The molecule has 0 atom stereocenters. The lowest BCUT2D eigenvalue weighted by molar-refractivity contribution is -0.113. The topological polar surface area (TPSA) is 64.0 Å². The Morgan fingerprint density at radius 1 is 1.15 bits per heavy atom. The van der Waals surface area contributed by atoms with Crippen LogP contribution in [0.1, 0.15) is 29.9 Å². The van der Waals surface area contributed by atoms with Crippen molar-refractivity contribution in [3.8, 4) is 5.69 Å². The maximum absolute atomic E-state index is 13.9. The van der Waals surface area contributed by atoms with E-state index < -0.39 is 0 Å². The molecule has 5 rings (SSSR count). The Balaban J connectivity index is 1.56. The summed E-state index contributed by atoms with van der Waals surface area (Å²) in [4.78, 5) is 33.5. The van der Waals surface area contributed by atoms with Crippen molar-refractivity contribution < 1.29 is 4.79 Å². The second-order valence-electron chi connectivity index (χ2n) is 8.98. The SMILES string of the molecule is Cc1ccc(-n2c(SCC(=O)Nc3ccccc3)nc3sc4c(c3c2=O)CC(C)(C)SC4)cc1. The molecule has 0 radical (unpaired) electrons. The van der Waals surface area contributed by atoms with Crippen LogP contribution in [-0.2, 0) is 17.0 Å². The third-order valence-electron chi connectivity index (χ3n) is 5.76. The van der Waals surface area contributed by atoms with Gasteiger partial charge < -0.3 is 5.32 Å². The third kappa shape index (κ3) is 4.67. The van der Waals surface area contributed by atoms with Crippen molar-refractivity contribution in [3.05, 3.63) is 81.0 Å². The van der Waals surface area contributed by atoms with Gasteiger partial charge >= 0.3 is 0 Å².